The second-order valence-electron chi connectivity index (χ2n) is 3.25. The van der Waals surface area contributed by atoms with E-state index in [9.17, 15) is 4.79 Å². The van der Waals surface area contributed by atoms with Crippen LogP contribution in [0.1, 0.15) is 37.2 Å². The summed E-state index contributed by atoms with van der Waals surface area (Å²) in [5.41, 5.74) is 0.371. The number of aromatic nitrogens is 2. The number of hydrogen-bond donors (Lipinski definition) is 1. The summed E-state index contributed by atoms with van der Waals surface area (Å²) < 4.78 is 0. The average molecular weight is 193 g/mol. The molecule has 0 spiro atoms. The lowest BCUT2D eigenvalue weighted by Gasteiger charge is -2.11. The number of amides is 1. The van der Waals surface area contributed by atoms with Gasteiger partial charge in [0, 0.05) is 18.4 Å². The Labute approximate surface area is 83.8 Å². The van der Waals surface area contributed by atoms with Crippen molar-refractivity contribution in [2.75, 3.05) is 0 Å². The van der Waals surface area contributed by atoms with Crippen LogP contribution >= 0.6 is 0 Å². The zero-order valence-electron chi connectivity index (χ0n) is 8.53. The molecule has 0 bridgehead atoms. The predicted molar refractivity (Wildman–Crippen MR) is 53.9 cm³/mol. The first kappa shape index (κ1) is 10.6. The third-order valence-electron chi connectivity index (χ3n) is 1.89. The van der Waals surface area contributed by atoms with Crippen LogP contribution < -0.4 is 5.32 Å². The van der Waals surface area contributed by atoms with Gasteiger partial charge in [0.25, 0.3) is 5.91 Å². The van der Waals surface area contributed by atoms with Crippen LogP contribution in [-0.4, -0.2) is 21.9 Å². The summed E-state index contributed by atoms with van der Waals surface area (Å²) in [6.45, 7) is 4.07. The lowest BCUT2D eigenvalue weighted by atomic mass is 10.2. The Morgan fingerprint density at radius 3 is 2.93 bits per heavy atom. The monoisotopic (exact) mass is 193 g/mol. The molecule has 1 aromatic heterocycles. The number of hydrogen-bond acceptors (Lipinski definition) is 3. The van der Waals surface area contributed by atoms with Gasteiger partial charge in [-0.25, -0.2) is 4.98 Å². The molecule has 4 heteroatoms. The summed E-state index contributed by atoms with van der Waals surface area (Å²) in [6.07, 6.45) is 6.56. The van der Waals surface area contributed by atoms with Gasteiger partial charge in [-0.05, 0) is 13.3 Å². The van der Waals surface area contributed by atoms with E-state index in [1.807, 2.05) is 6.92 Å². The van der Waals surface area contributed by atoms with E-state index >= 15 is 0 Å². The summed E-state index contributed by atoms with van der Waals surface area (Å²) in [4.78, 5) is 19.3. The van der Waals surface area contributed by atoms with Gasteiger partial charge >= 0.3 is 0 Å². The molecule has 76 valence electrons. The largest absolute Gasteiger partial charge is 0.348 e. The fourth-order valence-corrected chi connectivity index (χ4v) is 1.22. The summed E-state index contributed by atoms with van der Waals surface area (Å²) >= 11 is 0. The fourth-order valence-electron chi connectivity index (χ4n) is 1.22. The molecule has 1 atom stereocenters. The molecule has 4 nitrogen and oxygen atoms in total. The minimum Gasteiger partial charge on any atom is -0.348 e. The first-order valence-corrected chi connectivity index (χ1v) is 4.81. The molecule has 1 rings (SSSR count). The standard InChI is InChI=1S/C10H15N3O/c1-3-4-8(2)13-10(14)9-7-11-5-6-12-9/h5-8H,3-4H2,1-2H3,(H,13,14). The van der Waals surface area contributed by atoms with Crippen molar-refractivity contribution in [2.24, 2.45) is 0 Å². The molecule has 0 fully saturated rings. The third-order valence-corrected chi connectivity index (χ3v) is 1.89. The number of rotatable bonds is 4. The van der Waals surface area contributed by atoms with Crippen LogP contribution in [0.25, 0.3) is 0 Å². The van der Waals surface area contributed by atoms with Crippen LogP contribution in [-0.2, 0) is 0 Å². The van der Waals surface area contributed by atoms with Crippen molar-refractivity contribution in [3.63, 3.8) is 0 Å². The van der Waals surface area contributed by atoms with Crippen LogP contribution in [0.4, 0.5) is 0 Å². The van der Waals surface area contributed by atoms with Crippen molar-refractivity contribution >= 4 is 5.91 Å². The molecule has 0 aliphatic rings. The van der Waals surface area contributed by atoms with Crippen molar-refractivity contribution < 1.29 is 4.79 Å². The first-order valence-electron chi connectivity index (χ1n) is 4.81. The van der Waals surface area contributed by atoms with Gasteiger partial charge in [0.15, 0.2) is 0 Å². The van der Waals surface area contributed by atoms with Crippen molar-refractivity contribution in [1.82, 2.24) is 15.3 Å². The van der Waals surface area contributed by atoms with Crippen LogP contribution in [0.2, 0.25) is 0 Å². The normalized spacial score (nSPS) is 12.1. The molecule has 1 aromatic rings. The lowest BCUT2D eigenvalue weighted by molar-refractivity contribution is 0.0933. The second-order valence-corrected chi connectivity index (χ2v) is 3.25. The molecule has 1 amide bonds. The van der Waals surface area contributed by atoms with Crippen molar-refractivity contribution in [2.45, 2.75) is 32.7 Å². The van der Waals surface area contributed by atoms with Crippen molar-refractivity contribution in [3.8, 4) is 0 Å². The van der Waals surface area contributed by atoms with Gasteiger partial charge in [0.05, 0.1) is 6.20 Å². The highest BCUT2D eigenvalue weighted by Gasteiger charge is 2.09. The van der Waals surface area contributed by atoms with Crippen LogP contribution in [0, 0.1) is 0 Å². The molecule has 0 radical (unpaired) electrons. The van der Waals surface area contributed by atoms with Gasteiger partial charge in [0.1, 0.15) is 5.69 Å². The molecule has 0 aliphatic carbocycles. The topological polar surface area (TPSA) is 54.9 Å². The van der Waals surface area contributed by atoms with Gasteiger partial charge in [-0.15, -0.1) is 0 Å². The van der Waals surface area contributed by atoms with Gasteiger partial charge < -0.3 is 5.32 Å². The van der Waals surface area contributed by atoms with E-state index < -0.39 is 0 Å². The maximum Gasteiger partial charge on any atom is 0.271 e. The Morgan fingerprint density at radius 2 is 2.36 bits per heavy atom. The van der Waals surface area contributed by atoms with Gasteiger partial charge in [-0.3, -0.25) is 9.78 Å². The molecule has 1 unspecified atom stereocenters. The maximum absolute atomic E-state index is 11.5. The van der Waals surface area contributed by atoms with Crippen LogP contribution in [0.3, 0.4) is 0 Å². The fraction of sp³-hybridized carbons (Fsp3) is 0.500. The first-order chi connectivity index (χ1) is 6.74. The van der Waals surface area contributed by atoms with Crippen LogP contribution in [0.5, 0.6) is 0 Å². The van der Waals surface area contributed by atoms with Crippen molar-refractivity contribution in [1.29, 1.82) is 0 Å². The van der Waals surface area contributed by atoms with E-state index in [4.69, 9.17) is 0 Å². The molecular weight excluding hydrogens is 178 g/mol. The summed E-state index contributed by atoms with van der Waals surface area (Å²) in [6, 6.07) is 0.189. The Morgan fingerprint density at radius 1 is 1.57 bits per heavy atom. The van der Waals surface area contributed by atoms with Crippen LogP contribution in [0.15, 0.2) is 18.6 Å². The lowest BCUT2D eigenvalue weighted by Crippen LogP contribution is -2.32. The highest BCUT2D eigenvalue weighted by atomic mass is 16.1. The molecule has 0 aromatic carbocycles. The number of carbonyl (C=O) groups is 1. The highest BCUT2D eigenvalue weighted by Crippen LogP contribution is 1.97. The molecule has 1 N–H and O–H groups in total. The summed E-state index contributed by atoms with van der Waals surface area (Å²) in [5, 5.41) is 2.86. The van der Waals surface area contributed by atoms with E-state index in [1.54, 1.807) is 6.20 Å². The Hall–Kier alpha value is -1.45. The van der Waals surface area contributed by atoms with E-state index in [0.29, 0.717) is 5.69 Å². The van der Waals surface area contributed by atoms with Gasteiger partial charge in [-0.1, -0.05) is 13.3 Å². The predicted octanol–water partition coefficient (Wildman–Crippen LogP) is 1.39. The van der Waals surface area contributed by atoms with E-state index in [-0.39, 0.29) is 11.9 Å². The van der Waals surface area contributed by atoms with E-state index in [1.165, 1.54) is 12.4 Å². The molecule has 0 saturated heterocycles. The molecule has 0 saturated carbocycles. The quantitative estimate of drug-likeness (QED) is 0.786. The molecule has 0 aliphatic heterocycles. The summed E-state index contributed by atoms with van der Waals surface area (Å²) in [7, 11) is 0. The third kappa shape index (κ3) is 3.12. The van der Waals surface area contributed by atoms with Gasteiger partial charge in [0.2, 0.25) is 0 Å². The zero-order chi connectivity index (χ0) is 10.4. The smallest absolute Gasteiger partial charge is 0.271 e. The minimum atomic E-state index is -0.154. The summed E-state index contributed by atoms with van der Waals surface area (Å²) in [5.74, 6) is -0.154. The second kappa shape index (κ2) is 5.32. The Balaban J connectivity index is 2.51. The van der Waals surface area contributed by atoms with E-state index in [0.717, 1.165) is 12.8 Å². The zero-order valence-corrected chi connectivity index (χ0v) is 8.53. The number of nitrogens with one attached hydrogen (secondary N) is 1. The van der Waals surface area contributed by atoms with Crippen molar-refractivity contribution in [3.05, 3.63) is 24.3 Å². The van der Waals surface area contributed by atoms with E-state index in [2.05, 4.69) is 22.2 Å². The Kier molecular flexibility index (Phi) is 4.04. The number of carbonyl (C=O) groups excluding carboxylic acids is 1. The number of nitrogens with zero attached hydrogens (tertiary/aromatic N) is 2. The van der Waals surface area contributed by atoms with Gasteiger partial charge in [-0.2, -0.15) is 0 Å². The molecular formula is C10H15N3O. The average Bonchev–Trinajstić information content (AvgIpc) is 2.19. The Bertz CT molecular complexity index is 287. The molecule has 14 heavy (non-hydrogen) atoms. The highest BCUT2D eigenvalue weighted by molar-refractivity contribution is 5.92. The maximum atomic E-state index is 11.5. The minimum absolute atomic E-state index is 0.154. The SMILES string of the molecule is CCCC(C)NC(=O)c1cnccn1. The molecule has 1 heterocycles.